The van der Waals surface area contributed by atoms with Gasteiger partial charge < -0.3 is 14.0 Å². The molecular weight excluding hydrogens is 521 g/mol. The second-order valence-electron chi connectivity index (χ2n) is 8.22. The van der Waals surface area contributed by atoms with Crippen LogP contribution in [0.5, 0.6) is 11.5 Å². The highest BCUT2D eigenvalue weighted by molar-refractivity contribution is 6.39. The monoisotopic (exact) mass is 541 g/mol. The number of hydrogen-bond donors (Lipinski definition) is 0. The SMILES string of the molecule is CC(C)c1onc(-c2c(Cl)cccc2Cl)c1COc1ccc(/C=C/c2cccc(OC=O)c2)c(Cl)c1. The summed E-state index contributed by atoms with van der Waals surface area (Å²) in [7, 11) is 0. The summed E-state index contributed by atoms with van der Waals surface area (Å²) in [5.74, 6) is 1.84. The maximum absolute atomic E-state index is 10.6. The summed E-state index contributed by atoms with van der Waals surface area (Å²) in [5.41, 5.74) is 3.61. The van der Waals surface area contributed by atoms with Crippen LogP contribution in [0.2, 0.25) is 15.1 Å². The van der Waals surface area contributed by atoms with Crippen LogP contribution in [0.25, 0.3) is 23.4 Å². The minimum atomic E-state index is 0.0812. The fourth-order valence-electron chi connectivity index (χ4n) is 3.66. The van der Waals surface area contributed by atoms with Gasteiger partial charge in [0.2, 0.25) is 0 Å². The van der Waals surface area contributed by atoms with Crippen LogP contribution in [0.3, 0.4) is 0 Å². The molecule has 36 heavy (non-hydrogen) atoms. The molecule has 0 spiro atoms. The zero-order valence-electron chi connectivity index (χ0n) is 19.5. The Kier molecular flexibility index (Phi) is 8.36. The molecule has 5 nitrogen and oxygen atoms in total. The standard InChI is InChI=1S/C28H22Cl3NO4/c1-17(2)28-22(27(32-36-28)26-23(29)7-4-8-24(26)30)15-34-21-12-11-19(25(31)14-21)10-9-18-5-3-6-20(13-18)35-16-33/h3-14,16-17H,15H2,1-2H3/b10-9+. The molecular formula is C28H22Cl3NO4. The highest BCUT2D eigenvalue weighted by Crippen LogP contribution is 2.39. The maximum Gasteiger partial charge on any atom is 0.298 e. The second-order valence-corrected chi connectivity index (χ2v) is 9.44. The van der Waals surface area contributed by atoms with Crippen LogP contribution in [0.1, 0.15) is 42.2 Å². The van der Waals surface area contributed by atoms with Crippen LogP contribution >= 0.6 is 34.8 Å². The largest absolute Gasteiger partial charge is 0.489 e. The van der Waals surface area contributed by atoms with Gasteiger partial charge in [0.1, 0.15) is 29.6 Å². The van der Waals surface area contributed by atoms with Gasteiger partial charge in [-0.15, -0.1) is 0 Å². The summed E-state index contributed by atoms with van der Waals surface area (Å²) in [6, 6.07) is 17.9. The first-order chi connectivity index (χ1) is 17.4. The van der Waals surface area contributed by atoms with Crippen LogP contribution in [0, 0.1) is 0 Å². The van der Waals surface area contributed by atoms with Gasteiger partial charge in [-0.3, -0.25) is 4.79 Å². The van der Waals surface area contributed by atoms with Gasteiger partial charge in [-0.25, -0.2) is 0 Å². The molecule has 0 unspecified atom stereocenters. The Morgan fingerprint density at radius 2 is 1.67 bits per heavy atom. The van der Waals surface area contributed by atoms with Gasteiger partial charge in [-0.2, -0.15) is 0 Å². The van der Waals surface area contributed by atoms with Crippen molar-refractivity contribution in [2.45, 2.75) is 26.4 Å². The average molecular weight is 543 g/mol. The van der Waals surface area contributed by atoms with Gasteiger partial charge >= 0.3 is 0 Å². The van der Waals surface area contributed by atoms with Crippen molar-refractivity contribution in [2.75, 3.05) is 0 Å². The lowest BCUT2D eigenvalue weighted by Gasteiger charge is -2.11. The molecule has 8 heteroatoms. The molecule has 0 N–H and O–H groups in total. The molecule has 1 aromatic heterocycles. The first-order valence-electron chi connectivity index (χ1n) is 11.1. The van der Waals surface area contributed by atoms with Crippen molar-refractivity contribution < 1.29 is 18.8 Å². The molecule has 0 aliphatic rings. The Bertz CT molecular complexity index is 1390. The van der Waals surface area contributed by atoms with Gasteiger partial charge in [0, 0.05) is 11.5 Å². The maximum atomic E-state index is 10.6. The lowest BCUT2D eigenvalue weighted by molar-refractivity contribution is -0.120. The molecule has 3 aromatic carbocycles. The summed E-state index contributed by atoms with van der Waals surface area (Å²) in [6.45, 7) is 4.62. The summed E-state index contributed by atoms with van der Waals surface area (Å²) < 4.78 is 16.6. The number of hydrogen-bond acceptors (Lipinski definition) is 5. The van der Waals surface area contributed by atoms with Crippen LogP contribution in [0.4, 0.5) is 0 Å². The molecule has 0 amide bonds. The van der Waals surface area contributed by atoms with E-state index < -0.39 is 0 Å². The Balaban J connectivity index is 1.54. The van der Waals surface area contributed by atoms with Gasteiger partial charge in [0.25, 0.3) is 6.47 Å². The van der Waals surface area contributed by atoms with Crippen molar-refractivity contribution in [3.63, 3.8) is 0 Å². The van der Waals surface area contributed by atoms with Gasteiger partial charge in [0.15, 0.2) is 0 Å². The number of halogens is 3. The predicted octanol–water partition coefficient (Wildman–Crippen LogP) is 8.71. The van der Waals surface area contributed by atoms with Gasteiger partial charge in [-0.1, -0.05) is 84.2 Å². The molecule has 0 atom stereocenters. The van der Waals surface area contributed by atoms with Crippen molar-refractivity contribution in [2.24, 2.45) is 0 Å². The Hall–Kier alpha value is -3.25. The van der Waals surface area contributed by atoms with Gasteiger partial charge in [0.05, 0.1) is 20.6 Å². The number of carbonyl (C=O) groups is 1. The van der Waals surface area contributed by atoms with E-state index in [1.165, 1.54) is 0 Å². The minimum Gasteiger partial charge on any atom is -0.489 e. The lowest BCUT2D eigenvalue weighted by Crippen LogP contribution is -2.01. The smallest absolute Gasteiger partial charge is 0.298 e. The van der Waals surface area contributed by atoms with E-state index in [1.54, 1.807) is 42.5 Å². The highest BCUT2D eigenvalue weighted by atomic mass is 35.5. The van der Waals surface area contributed by atoms with E-state index in [0.717, 1.165) is 16.7 Å². The fraction of sp³-hybridized carbons (Fsp3) is 0.143. The average Bonchev–Trinajstić information content (AvgIpc) is 3.26. The quantitative estimate of drug-likeness (QED) is 0.156. The minimum absolute atomic E-state index is 0.0812. The van der Waals surface area contributed by atoms with Crippen molar-refractivity contribution in [1.29, 1.82) is 0 Å². The normalized spacial score (nSPS) is 11.3. The van der Waals surface area contributed by atoms with Crippen LogP contribution in [0.15, 0.2) is 65.2 Å². The van der Waals surface area contributed by atoms with Crippen LogP contribution in [-0.2, 0) is 11.4 Å². The zero-order chi connectivity index (χ0) is 25.7. The molecule has 0 radical (unpaired) electrons. The van der Waals surface area contributed by atoms with E-state index in [-0.39, 0.29) is 12.5 Å². The number of benzene rings is 3. The first kappa shape index (κ1) is 25.8. The molecule has 0 fully saturated rings. The fourth-order valence-corrected chi connectivity index (χ4v) is 4.47. The Morgan fingerprint density at radius 3 is 2.36 bits per heavy atom. The highest BCUT2D eigenvalue weighted by Gasteiger charge is 2.23. The molecule has 4 aromatic rings. The van der Waals surface area contributed by atoms with Crippen molar-refractivity contribution in [1.82, 2.24) is 5.16 Å². The van der Waals surface area contributed by atoms with E-state index >= 15 is 0 Å². The van der Waals surface area contributed by atoms with Crippen molar-refractivity contribution in [3.8, 4) is 22.8 Å². The number of ether oxygens (including phenoxy) is 2. The third-order valence-corrected chi connectivity index (χ3v) is 6.35. The molecule has 4 rings (SSSR count). The summed E-state index contributed by atoms with van der Waals surface area (Å²) in [5, 5.41) is 5.74. The predicted molar refractivity (Wildman–Crippen MR) is 144 cm³/mol. The summed E-state index contributed by atoms with van der Waals surface area (Å²) in [6.07, 6.45) is 3.76. The summed E-state index contributed by atoms with van der Waals surface area (Å²) >= 11 is 19.4. The lowest BCUT2D eigenvalue weighted by atomic mass is 10.0. The van der Waals surface area contributed by atoms with E-state index in [1.807, 2.05) is 44.2 Å². The topological polar surface area (TPSA) is 61.6 Å². The van der Waals surface area contributed by atoms with E-state index in [0.29, 0.717) is 50.1 Å². The Morgan fingerprint density at radius 1 is 0.917 bits per heavy atom. The number of rotatable bonds is 9. The molecule has 1 heterocycles. The summed E-state index contributed by atoms with van der Waals surface area (Å²) in [4.78, 5) is 10.6. The van der Waals surface area contributed by atoms with E-state index in [9.17, 15) is 4.79 Å². The van der Waals surface area contributed by atoms with E-state index in [2.05, 4.69) is 5.16 Å². The molecule has 0 aliphatic carbocycles. The molecule has 0 bridgehead atoms. The molecule has 184 valence electrons. The van der Waals surface area contributed by atoms with E-state index in [4.69, 9.17) is 48.8 Å². The second kappa shape index (κ2) is 11.7. The molecule has 0 saturated carbocycles. The first-order valence-corrected chi connectivity index (χ1v) is 12.2. The number of aromatic nitrogens is 1. The number of nitrogens with zero attached hydrogens (tertiary/aromatic N) is 1. The number of carbonyl (C=O) groups excluding carboxylic acids is 1. The van der Waals surface area contributed by atoms with Crippen LogP contribution < -0.4 is 9.47 Å². The third kappa shape index (κ3) is 5.93. The third-order valence-electron chi connectivity index (χ3n) is 5.40. The molecule has 0 saturated heterocycles. The van der Waals surface area contributed by atoms with Crippen molar-refractivity contribution >= 4 is 53.4 Å². The Labute approximate surface area is 224 Å². The van der Waals surface area contributed by atoms with Gasteiger partial charge in [-0.05, 0) is 53.6 Å². The van der Waals surface area contributed by atoms with Crippen molar-refractivity contribution in [3.05, 3.63) is 98.2 Å². The zero-order valence-corrected chi connectivity index (χ0v) is 21.8. The molecule has 0 aliphatic heterocycles. The van der Waals surface area contributed by atoms with Crippen LogP contribution in [-0.4, -0.2) is 11.6 Å².